The SMILES string of the molecule is COC(=O)C(CNCc1ccc(F)cc1F)NC(C)=O. The maximum Gasteiger partial charge on any atom is 0.329 e. The van der Waals surface area contributed by atoms with Gasteiger partial charge in [-0.15, -0.1) is 0 Å². The third-order valence-electron chi connectivity index (χ3n) is 2.54. The van der Waals surface area contributed by atoms with E-state index < -0.39 is 23.6 Å². The molecule has 0 saturated heterocycles. The predicted molar refractivity (Wildman–Crippen MR) is 67.7 cm³/mol. The van der Waals surface area contributed by atoms with Gasteiger partial charge in [-0.2, -0.15) is 0 Å². The Labute approximate surface area is 115 Å². The number of carbonyl (C=O) groups is 2. The highest BCUT2D eigenvalue weighted by Gasteiger charge is 2.19. The lowest BCUT2D eigenvalue weighted by Crippen LogP contribution is -2.47. The highest BCUT2D eigenvalue weighted by Crippen LogP contribution is 2.08. The van der Waals surface area contributed by atoms with Crippen LogP contribution in [0.4, 0.5) is 8.78 Å². The summed E-state index contributed by atoms with van der Waals surface area (Å²) in [5.41, 5.74) is 0.262. The van der Waals surface area contributed by atoms with Crippen LogP contribution in [0.1, 0.15) is 12.5 Å². The largest absolute Gasteiger partial charge is 0.467 e. The molecule has 2 N–H and O–H groups in total. The molecule has 0 aromatic heterocycles. The van der Waals surface area contributed by atoms with E-state index in [9.17, 15) is 18.4 Å². The first kappa shape index (κ1) is 16.0. The Morgan fingerprint density at radius 2 is 2.05 bits per heavy atom. The van der Waals surface area contributed by atoms with Crippen LogP contribution in [-0.2, 0) is 20.9 Å². The Morgan fingerprint density at radius 1 is 1.35 bits per heavy atom. The molecule has 1 rings (SSSR count). The topological polar surface area (TPSA) is 67.4 Å². The van der Waals surface area contributed by atoms with Crippen molar-refractivity contribution in [3.63, 3.8) is 0 Å². The van der Waals surface area contributed by atoms with Crippen LogP contribution in [0.25, 0.3) is 0 Å². The summed E-state index contributed by atoms with van der Waals surface area (Å²) in [5, 5.41) is 5.22. The van der Waals surface area contributed by atoms with Crippen molar-refractivity contribution in [3.8, 4) is 0 Å². The second kappa shape index (κ2) is 7.54. The highest BCUT2D eigenvalue weighted by atomic mass is 19.1. The molecule has 1 atom stereocenters. The Balaban J connectivity index is 2.55. The fourth-order valence-corrected chi connectivity index (χ4v) is 1.60. The number of halogens is 2. The number of ether oxygens (including phenoxy) is 1. The number of hydrogen-bond donors (Lipinski definition) is 2. The molecule has 7 heteroatoms. The zero-order valence-corrected chi connectivity index (χ0v) is 11.2. The van der Waals surface area contributed by atoms with Crippen molar-refractivity contribution < 1.29 is 23.1 Å². The molecule has 1 amide bonds. The van der Waals surface area contributed by atoms with Crippen molar-refractivity contribution in [3.05, 3.63) is 35.4 Å². The van der Waals surface area contributed by atoms with Crippen LogP contribution >= 0.6 is 0 Å². The van der Waals surface area contributed by atoms with E-state index in [1.165, 1.54) is 20.1 Å². The van der Waals surface area contributed by atoms with Crippen LogP contribution in [0, 0.1) is 11.6 Å². The van der Waals surface area contributed by atoms with Crippen LogP contribution in [0.15, 0.2) is 18.2 Å². The molecule has 0 spiro atoms. The Kier molecular flexibility index (Phi) is 6.05. The van der Waals surface area contributed by atoms with Crippen molar-refractivity contribution in [1.82, 2.24) is 10.6 Å². The minimum atomic E-state index is -0.860. The van der Waals surface area contributed by atoms with Gasteiger partial charge in [0.15, 0.2) is 0 Å². The van der Waals surface area contributed by atoms with Gasteiger partial charge in [-0.25, -0.2) is 13.6 Å². The second-order valence-corrected chi connectivity index (χ2v) is 4.14. The van der Waals surface area contributed by atoms with Gasteiger partial charge in [0.1, 0.15) is 17.7 Å². The van der Waals surface area contributed by atoms with Gasteiger partial charge in [-0.1, -0.05) is 6.07 Å². The predicted octanol–water partition coefficient (Wildman–Crippen LogP) is 0.732. The number of methoxy groups -OCH3 is 1. The molecule has 0 aliphatic rings. The quantitative estimate of drug-likeness (QED) is 0.757. The van der Waals surface area contributed by atoms with Gasteiger partial charge >= 0.3 is 5.97 Å². The van der Waals surface area contributed by atoms with Crippen molar-refractivity contribution >= 4 is 11.9 Å². The molecule has 110 valence electrons. The molecular weight excluding hydrogens is 270 g/mol. The molecule has 0 saturated carbocycles. The molecule has 1 unspecified atom stereocenters. The lowest BCUT2D eigenvalue weighted by molar-refractivity contribution is -0.144. The van der Waals surface area contributed by atoms with Gasteiger partial charge in [0.25, 0.3) is 0 Å². The zero-order chi connectivity index (χ0) is 15.1. The summed E-state index contributed by atoms with van der Waals surface area (Å²) >= 11 is 0. The van der Waals surface area contributed by atoms with Crippen LogP contribution in [0.2, 0.25) is 0 Å². The van der Waals surface area contributed by atoms with Gasteiger partial charge in [0.05, 0.1) is 7.11 Å². The van der Waals surface area contributed by atoms with Gasteiger partial charge in [-0.05, 0) is 6.07 Å². The van der Waals surface area contributed by atoms with Gasteiger partial charge in [-0.3, -0.25) is 4.79 Å². The lowest BCUT2D eigenvalue weighted by Gasteiger charge is -2.16. The number of hydrogen-bond acceptors (Lipinski definition) is 4. The van der Waals surface area contributed by atoms with E-state index in [4.69, 9.17) is 0 Å². The number of nitrogens with one attached hydrogen (secondary N) is 2. The normalized spacial score (nSPS) is 11.8. The van der Waals surface area contributed by atoms with E-state index in [-0.39, 0.29) is 24.6 Å². The fourth-order valence-electron chi connectivity index (χ4n) is 1.60. The fraction of sp³-hybridized carbons (Fsp3) is 0.385. The van der Waals surface area contributed by atoms with Crippen molar-refractivity contribution in [1.29, 1.82) is 0 Å². The molecule has 0 aliphatic carbocycles. The Hall–Kier alpha value is -2.02. The van der Waals surface area contributed by atoms with Crippen LogP contribution in [-0.4, -0.2) is 31.6 Å². The first-order valence-corrected chi connectivity index (χ1v) is 5.93. The average Bonchev–Trinajstić information content (AvgIpc) is 2.38. The summed E-state index contributed by atoms with van der Waals surface area (Å²) in [6.07, 6.45) is 0. The molecule has 1 aromatic carbocycles. The first-order chi connectivity index (χ1) is 9.43. The smallest absolute Gasteiger partial charge is 0.329 e. The standard InChI is InChI=1S/C13H16F2N2O3/c1-8(18)17-12(13(19)20-2)7-16-6-9-3-4-10(14)5-11(9)15/h3-5,12,16H,6-7H2,1-2H3,(H,17,18). The number of amides is 1. The number of carbonyl (C=O) groups excluding carboxylic acids is 2. The van der Waals surface area contributed by atoms with Crippen molar-refractivity contribution in [2.75, 3.05) is 13.7 Å². The highest BCUT2D eigenvalue weighted by molar-refractivity contribution is 5.83. The molecule has 0 bridgehead atoms. The van der Waals surface area contributed by atoms with Crippen molar-refractivity contribution in [2.45, 2.75) is 19.5 Å². The summed E-state index contributed by atoms with van der Waals surface area (Å²) in [6, 6.07) is 2.37. The Bertz CT molecular complexity index is 495. The minimum absolute atomic E-state index is 0.0725. The minimum Gasteiger partial charge on any atom is -0.467 e. The third-order valence-corrected chi connectivity index (χ3v) is 2.54. The molecule has 0 heterocycles. The van der Waals surface area contributed by atoms with E-state index in [0.29, 0.717) is 0 Å². The van der Waals surface area contributed by atoms with Gasteiger partial charge in [0.2, 0.25) is 5.91 Å². The van der Waals surface area contributed by atoms with E-state index in [0.717, 1.165) is 12.1 Å². The third kappa shape index (κ3) is 4.93. The summed E-state index contributed by atoms with van der Waals surface area (Å²) < 4.78 is 30.6. The molecule has 0 fully saturated rings. The molecule has 20 heavy (non-hydrogen) atoms. The summed E-state index contributed by atoms with van der Waals surface area (Å²) in [7, 11) is 1.21. The van der Waals surface area contributed by atoms with E-state index in [2.05, 4.69) is 15.4 Å². The lowest BCUT2D eigenvalue weighted by atomic mass is 10.2. The van der Waals surface area contributed by atoms with E-state index >= 15 is 0 Å². The molecular formula is C13H16F2N2O3. The van der Waals surface area contributed by atoms with E-state index in [1.807, 2.05) is 0 Å². The summed E-state index contributed by atoms with van der Waals surface area (Å²) in [5.74, 6) is -2.31. The molecule has 0 radical (unpaired) electrons. The maximum atomic E-state index is 13.4. The zero-order valence-electron chi connectivity index (χ0n) is 11.2. The van der Waals surface area contributed by atoms with Crippen LogP contribution in [0.5, 0.6) is 0 Å². The first-order valence-electron chi connectivity index (χ1n) is 5.93. The molecule has 1 aromatic rings. The van der Waals surface area contributed by atoms with Crippen molar-refractivity contribution in [2.24, 2.45) is 0 Å². The van der Waals surface area contributed by atoms with Gasteiger partial charge < -0.3 is 15.4 Å². The van der Waals surface area contributed by atoms with E-state index in [1.54, 1.807) is 0 Å². The Morgan fingerprint density at radius 3 is 2.60 bits per heavy atom. The average molecular weight is 286 g/mol. The number of benzene rings is 1. The number of esters is 1. The maximum absolute atomic E-state index is 13.4. The summed E-state index contributed by atoms with van der Waals surface area (Å²) in [6.45, 7) is 1.44. The molecule has 5 nitrogen and oxygen atoms in total. The monoisotopic (exact) mass is 286 g/mol. The van der Waals surface area contributed by atoms with Gasteiger partial charge in [0, 0.05) is 31.6 Å². The number of rotatable bonds is 6. The summed E-state index contributed by atoms with van der Waals surface area (Å²) in [4.78, 5) is 22.4. The second-order valence-electron chi connectivity index (χ2n) is 4.14. The van der Waals surface area contributed by atoms with Crippen LogP contribution in [0.3, 0.4) is 0 Å². The molecule has 0 aliphatic heterocycles. The van der Waals surface area contributed by atoms with Crippen LogP contribution < -0.4 is 10.6 Å².